The van der Waals surface area contributed by atoms with Crippen molar-refractivity contribution in [3.8, 4) is 5.88 Å². The molecule has 1 aromatic rings. The number of hydrogen-bond acceptors (Lipinski definition) is 5. The molecule has 0 bridgehead atoms. The van der Waals surface area contributed by atoms with Crippen molar-refractivity contribution in [1.82, 2.24) is 9.88 Å². The van der Waals surface area contributed by atoms with Crippen molar-refractivity contribution in [3.05, 3.63) is 23.4 Å². The highest BCUT2D eigenvalue weighted by atomic mass is 35.5. The summed E-state index contributed by atoms with van der Waals surface area (Å²) in [6.45, 7) is 9.01. The van der Waals surface area contributed by atoms with E-state index in [-0.39, 0.29) is 18.4 Å². The van der Waals surface area contributed by atoms with Crippen LogP contribution in [0.25, 0.3) is 0 Å². The molecule has 132 valence electrons. The highest BCUT2D eigenvalue weighted by molar-refractivity contribution is 6.31. The maximum atomic E-state index is 12.6. The summed E-state index contributed by atoms with van der Waals surface area (Å²) in [5, 5.41) is 0.380. The van der Waals surface area contributed by atoms with Gasteiger partial charge >= 0.3 is 6.09 Å². The van der Waals surface area contributed by atoms with E-state index in [2.05, 4.69) is 4.98 Å². The molecule has 2 amide bonds. The average molecular weight is 355 g/mol. The largest absolute Gasteiger partial charge is 0.474 e. The van der Waals surface area contributed by atoms with Crippen LogP contribution in [0.2, 0.25) is 5.02 Å². The SMILES string of the molecule is CC(C)(C)OC(=O)N1C(=O)C(C)(C)C[C@@H]1COc1ncccc1Cl. The number of halogens is 1. The van der Waals surface area contributed by atoms with Crippen LogP contribution in [0.5, 0.6) is 5.88 Å². The van der Waals surface area contributed by atoms with E-state index in [0.29, 0.717) is 11.4 Å². The quantitative estimate of drug-likeness (QED) is 0.828. The Morgan fingerprint density at radius 3 is 2.71 bits per heavy atom. The van der Waals surface area contributed by atoms with Crippen LogP contribution in [0.1, 0.15) is 41.0 Å². The summed E-state index contributed by atoms with van der Waals surface area (Å²) in [6.07, 6.45) is 1.39. The second-order valence-electron chi connectivity index (χ2n) is 7.50. The first-order valence-corrected chi connectivity index (χ1v) is 8.19. The minimum absolute atomic E-state index is 0.116. The first-order chi connectivity index (χ1) is 11.0. The highest BCUT2D eigenvalue weighted by Crippen LogP contribution is 2.36. The molecular formula is C17H23ClN2O4. The lowest BCUT2D eigenvalue weighted by Gasteiger charge is -2.27. The molecule has 0 radical (unpaired) electrons. The zero-order valence-corrected chi connectivity index (χ0v) is 15.4. The standard InChI is InChI=1S/C17H23ClN2O4/c1-16(2,3)24-15(22)20-11(9-17(4,5)14(20)21)10-23-13-12(18)7-6-8-19-13/h6-8,11H,9-10H2,1-5H3/t11-/m1/s1. The fourth-order valence-corrected chi connectivity index (χ4v) is 2.76. The molecule has 0 saturated carbocycles. The molecule has 0 aliphatic carbocycles. The van der Waals surface area contributed by atoms with Gasteiger partial charge in [-0.3, -0.25) is 4.79 Å². The van der Waals surface area contributed by atoms with Gasteiger partial charge in [-0.15, -0.1) is 0 Å². The normalized spacial score (nSPS) is 20.2. The molecule has 0 spiro atoms. The second kappa shape index (κ2) is 6.59. The maximum absolute atomic E-state index is 12.6. The zero-order chi connectivity index (χ0) is 18.1. The molecular weight excluding hydrogens is 332 g/mol. The number of imide groups is 1. The van der Waals surface area contributed by atoms with Crippen molar-refractivity contribution in [3.63, 3.8) is 0 Å². The van der Waals surface area contributed by atoms with Crippen LogP contribution in [0.3, 0.4) is 0 Å². The number of carbonyl (C=O) groups excluding carboxylic acids is 2. The minimum atomic E-state index is -0.681. The Hall–Kier alpha value is -1.82. The predicted octanol–water partition coefficient (Wildman–Crippen LogP) is 3.68. The number of aromatic nitrogens is 1. The fourth-order valence-electron chi connectivity index (χ4n) is 2.59. The van der Waals surface area contributed by atoms with Gasteiger partial charge < -0.3 is 9.47 Å². The number of nitrogens with zero attached hydrogens (tertiary/aromatic N) is 2. The molecule has 1 atom stereocenters. The number of likely N-dealkylation sites (tertiary alicyclic amines) is 1. The molecule has 24 heavy (non-hydrogen) atoms. The molecule has 0 aromatic carbocycles. The predicted molar refractivity (Wildman–Crippen MR) is 90.0 cm³/mol. The van der Waals surface area contributed by atoms with Crippen LogP contribution in [0.15, 0.2) is 18.3 Å². The molecule has 0 unspecified atom stereocenters. The molecule has 1 saturated heterocycles. The highest BCUT2D eigenvalue weighted by Gasteiger charge is 2.49. The molecule has 1 aliphatic heterocycles. The van der Waals surface area contributed by atoms with E-state index in [9.17, 15) is 9.59 Å². The van der Waals surface area contributed by atoms with Crippen molar-refractivity contribution in [1.29, 1.82) is 0 Å². The first-order valence-electron chi connectivity index (χ1n) is 7.81. The Morgan fingerprint density at radius 2 is 2.12 bits per heavy atom. The second-order valence-corrected chi connectivity index (χ2v) is 7.91. The van der Waals surface area contributed by atoms with E-state index >= 15 is 0 Å². The number of carbonyl (C=O) groups is 2. The topological polar surface area (TPSA) is 68.7 Å². The molecule has 6 nitrogen and oxygen atoms in total. The molecule has 7 heteroatoms. The van der Waals surface area contributed by atoms with Gasteiger partial charge in [0.2, 0.25) is 11.8 Å². The smallest absolute Gasteiger partial charge is 0.417 e. The van der Waals surface area contributed by atoms with E-state index in [1.165, 1.54) is 0 Å². The molecule has 2 heterocycles. The summed E-state index contributed by atoms with van der Waals surface area (Å²) >= 11 is 6.02. The third-order valence-corrected chi connectivity index (χ3v) is 3.92. The van der Waals surface area contributed by atoms with Gasteiger partial charge in [-0.05, 0) is 39.3 Å². The van der Waals surface area contributed by atoms with Crippen LogP contribution in [0.4, 0.5) is 4.79 Å². The lowest BCUT2D eigenvalue weighted by molar-refractivity contribution is -0.134. The lowest BCUT2D eigenvalue weighted by Crippen LogP contribution is -2.45. The van der Waals surface area contributed by atoms with Crippen molar-refractivity contribution in [2.24, 2.45) is 5.41 Å². The monoisotopic (exact) mass is 354 g/mol. The maximum Gasteiger partial charge on any atom is 0.417 e. The van der Waals surface area contributed by atoms with E-state index in [1.54, 1.807) is 52.9 Å². The van der Waals surface area contributed by atoms with Gasteiger partial charge in [0.25, 0.3) is 0 Å². The third kappa shape index (κ3) is 4.17. The van der Waals surface area contributed by atoms with Gasteiger partial charge in [0, 0.05) is 11.6 Å². The van der Waals surface area contributed by atoms with E-state index in [1.807, 2.05) is 0 Å². The van der Waals surface area contributed by atoms with Gasteiger partial charge in [0.05, 0.1) is 6.04 Å². The Balaban J connectivity index is 2.15. The summed E-state index contributed by atoms with van der Waals surface area (Å²) in [5.41, 5.74) is -1.33. The van der Waals surface area contributed by atoms with Crippen molar-refractivity contribution in [2.45, 2.75) is 52.7 Å². The van der Waals surface area contributed by atoms with Gasteiger partial charge in [-0.25, -0.2) is 14.7 Å². The Labute approximate surface area is 147 Å². The summed E-state index contributed by atoms with van der Waals surface area (Å²) in [7, 11) is 0. The molecule has 0 N–H and O–H groups in total. The van der Waals surface area contributed by atoms with Gasteiger partial charge in [-0.2, -0.15) is 0 Å². The third-order valence-electron chi connectivity index (χ3n) is 3.64. The zero-order valence-electron chi connectivity index (χ0n) is 14.6. The van der Waals surface area contributed by atoms with Crippen molar-refractivity contribution >= 4 is 23.6 Å². The van der Waals surface area contributed by atoms with Crippen molar-refractivity contribution < 1.29 is 19.1 Å². The first kappa shape index (κ1) is 18.5. The summed E-state index contributed by atoms with van der Waals surface area (Å²) in [6, 6.07) is 2.93. The Kier molecular flexibility index (Phi) is 5.08. The minimum Gasteiger partial charge on any atom is -0.474 e. The molecule has 1 aliphatic rings. The van der Waals surface area contributed by atoms with E-state index in [0.717, 1.165) is 4.90 Å². The van der Waals surface area contributed by atoms with Crippen molar-refractivity contribution in [2.75, 3.05) is 6.61 Å². The number of hydrogen-bond donors (Lipinski definition) is 0. The number of pyridine rings is 1. The van der Waals surface area contributed by atoms with Gasteiger partial charge in [0.1, 0.15) is 17.2 Å². The van der Waals surface area contributed by atoms with Crippen LogP contribution in [-0.4, -0.2) is 40.1 Å². The summed E-state index contributed by atoms with van der Waals surface area (Å²) in [4.78, 5) is 30.2. The summed E-state index contributed by atoms with van der Waals surface area (Å²) < 4.78 is 11.0. The Bertz CT molecular complexity index is 640. The Morgan fingerprint density at radius 1 is 1.46 bits per heavy atom. The molecule has 1 aromatic heterocycles. The van der Waals surface area contributed by atoms with E-state index in [4.69, 9.17) is 21.1 Å². The van der Waals surface area contributed by atoms with Crippen LogP contribution in [-0.2, 0) is 9.53 Å². The fraction of sp³-hybridized carbons (Fsp3) is 0.588. The van der Waals surface area contributed by atoms with Gasteiger partial charge in [-0.1, -0.05) is 25.4 Å². The average Bonchev–Trinajstić information content (AvgIpc) is 2.66. The number of ether oxygens (including phenoxy) is 2. The van der Waals surface area contributed by atoms with Crippen LogP contribution in [0, 0.1) is 5.41 Å². The number of rotatable bonds is 3. The summed E-state index contributed by atoms with van der Waals surface area (Å²) in [5.74, 6) is 0.0120. The van der Waals surface area contributed by atoms with E-state index < -0.39 is 23.2 Å². The lowest BCUT2D eigenvalue weighted by atomic mass is 9.90. The number of amides is 2. The van der Waals surface area contributed by atoms with Crippen LogP contribution >= 0.6 is 11.6 Å². The molecule has 2 rings (SSSR count). The molecule has 1 fully saturated rings. The van der Waals surface area contributed by atoms with Gasteiger partial charge in [0.15, 0.2) is 0 Å². The van der Waals surface area contributed by atoms with Crippen LogP contribution < -0.4 is 4.74 Å².